The fourth-order valence-electron chi connectivity index (χ4n) is 1.42. The molecule has 0 N–H and O–H groups in total. The molecule has 0 spiro atoms. The third kappa shape index (κ3) is 25.4. The molecule has 0 bridgehead atoms. The van der Waals surface area contributed by atoms with Crippen molar-refractivity contribution in [3.05, 3.63) is 12.7 Å². The van der Waals surface area contributed by atoms with E-state index in [1.54, 1.807) is 0 Å². The molecule has 0 aromatic heterocycles. The van der Waals surface area contributed by atoms with Gasteiger partial charge in [0, 0.05) is 0 Å². The average Bonchev–Trinajstić information content (AvgIpc) is 2.10. The van der Waals surface area contributed by atoms with Crippen LogP contribution in [0.25, 0.3) is 0 Å². The zero-order valence-corrected chi connectivity index (χ0v) is 13.5. The summed E-state index contributed by atoms with van der Waals surface area (Å²) in [7, 11) is 0. The van der Waals surface area contributed by atoms with Crippen molar-refractivity contribution in [3.8, 4) is 0 Å². The van der Waals surface area contributed by atoms with Crippen LogP contribution in [0.15, 0.2) is 12.7 Å². The van der Waals surface area contributed by atoms with Gasteiger partial charge in [0.15, 0.2) is 0 Å². The van der Waals surface area contributed by atoms with Gasteiger partial charge in [-0.15, -0.1) is 6.58 Å². The molecule has 3 heteroatoms. The Morgan fingerprint density at radius 1 is 0.800 bits per heavy atom. The minimum Gasteiger partial charge on any atom is -1.00 e. The summed E-state index contributed by atoms with van der Waals surface area (Å²) in [6, 6.07) is 0. The number of unbranched alkanes of at least 4 members (excludes halogenated alkanes) is 8. The maximum absolute atomic E-state index is 3.72. The molecule has 0 nitrogen and oxygen atoms in total. The second-order valence-corrected chi connectivity index (χ2v) is 3.55. The molecular weight excluding hydrogens is 410 g/mol. The fourth-order valence-corrected chi connectivity index (χ4v) is 1.42. The summed E-state index contributed by atoms with van der Waals surface area (Å²) in [5, 5.41) is 0. The van der Waals surface area contributed by atoms with Crippen molar-refractivity contribution in [1.29, 1.82) is 0 Å². The minimum absolute atomic E-state index is 0. The summed E-state index contributed by atoms with van der Waals surface area (Å²) in [6.07, 6.45) is 14.5. The van der Waals surface area contributed by atoms with Crippen molar-refractivity contribution >= 4 is 0 Å². The van der Waals surface area contributed by atoms with Crippen molar-refractivity contribution in [2.45, 2.75) is 64.7 Å². The minimum atomic E-state index is 0. The van der Waals surface area contributed by atoms with Crippen molar-refractivity contribution in [2.24, 2.45) is 0 Å². The van der Waals surface area contributed by atoms with Gasteiger partial charge in [-0.05, 0) is 12.8 Å². The quantitative estimate of drug-likeness (QED) is 0.313. The molecule has 0 radical (unpaired) electrons. The number of halogens is 2. The Bertz CT molecular complexity index is 97.6. The van der Waals surface area contributed by atoms with Crippen LogP contribution in [-0.4, -0.2) is 0 Å². The molecule has 0 saturated heterocycles. The van der Waals surface area contributed by atoms with Gasteiger partial charge >= 0.3 is 21.1 Å². The molecule has 0 rings (SSSR count). The van der Waals surface area contributed by atoms with E-state index in [1.807, 2.05) is 6.08 Å². The molecule has 0 unspecified atom stereocenters. The van der Waals surface area contributed by atoms with Crippen LogP contribution in [0, 0.1) is 0 Å². The van der Waals surface area contributed by atoms with Crippen LogP contribution in [0.2, 0.25) is 0 Å². The molecule has 0 saturated carbocycles. The standard InChI is InChI=1S/C12H24.2ClH.Pt/c1-3-5-7-9-11-12-10-8-6-4-2;;;/h3H,1,4-12H2,2H3;2*1H;/q;;;+2/p-2. The zero-order valence-electron chi connectivity index (χ0n) is 9.72. The monoisotopic (exact) mass is 433 g/mol. The van der Waals surface area contributed by atoms with Crippen LogP contribution in [-0.2, 0) is 21.1 Å². The van der Waals surface area contributed by atoms with Crippen molar-refractivity contribution in [2.75, 3.05) is 0 Å². The van der Waals surface area contributed by atoms with Gasteiger partial charge in [-0.1, -0.05) is 57.9 Å². The Kier molecular flexibility index (Phi) is 40.5. The smallest absolute Gasteiger partial charge is 1.00 e. The first-order valence-electron chi connectivity index (χ1n) is 5.52. The Hall–Kier alpha value is 1.01. The van der Waals surface area contributed by atoms with Crippen LogP contribution >= 0.6 is 0 Å². The van der Waals surface area contributed by atoms with Gasteiger partial charge in [-0.3, -0.25) is 0 Å². The van der Waals surface area contributed by atoms with Crippen LogP contribution in [0.5, 0.6) is 0 Å². The third-order valence-corrected chi connectivity index (χ3v) is 2.26. The Labute approximate surface area is 123 Å². The molecule has 0 aliphatic heterocycles. The van der Waals surface area contributed by atoms with Crippen LogP contribution in [0.4, 0.5) is 0 Å². The molecule has 0 amide bonds. The Morgan fingerprint density at radius 3 is 1.60 bits per heavy atom. The van der Waals surface area contributed by atoms with E-state index in [2.05, 4.69) is 13.5 Å². The summed E-state index contributed by atoms with van der Waals surface area (Å²) in [5.74, 6) is 0. The molecule has 0 aliphatic rings. The molecule has 15 heavy (non-hydrogen) atoms. The SMILES string of the molecule is C=CCCCCCCCCCC.[Cl-].[Cl-].[Pt+2]. The summed E-state index contributed by atoms with van der Waals surface area (Å²) < 4.78 is 0. The zero-order chi connectivity index (χ0) is 9.07. The summed E-state index contributed by atoms with van der Waals surface area (Å²) >= 11 is 0. The van der Waals surface area contributed by atoms with Crippen LogP contribution < -0.4 is 24.8 Å². The second kappa shape index (κ2) is 24.3. The summed E-state index contributed by atoms with van der Waals surface area (Å²) in [4.78, 5) is 0. The third-order valence-electron chi connectivity index (χ3n) is 2.26. The first kappa shape index (κ1) is 25.0. The molecular formula is C12H24Cl2Pt. The maximum Gasteiger partial charge on any atom is 2.00 e. The van der Waals surface area contributed by atoms with Crippen molar-refractivity contribution < 1.29 is 45.9 Å². The molecule has 0 heterocycles. The van der Waals surface area contributed by atoms with E-state index < -0.39 is 0 Å². The van der Waals surface area contributed by atoms with Crippen molar-refractivity contribution in [1.82, 2.24) is 0 Å². The normalized spacial score (nSPS) is 8.07. The van der Waals surface area contributed by atoms with Crippen LogP contribution in [0.1, 0.15) is 64.7 Å². The second-order valence-electron chi connectivity index (χ2n) is 3.55. The molecule has 0 aromatic rings. The van der Waals surface area contributed by atoms with Gasteiger partial charge in [-0.25, -0.2) is 0 Å². The van der Waals surface area contributed by atoms with E-state index in [0.717, 1.165) is 0 Å². The first-order chi connectivity index (χ1) is 5.91. The van der Waals surface area contributed by atoms with Gasteiger partial charge < -0.3 is 24.8 Å². The molecule has 0 atom stereocenters. The number of rotatable bonds is 9. The molecule has 96 valence electrons. The van der Waals surface area contributed by atoms with E-state index in [9.17, 15) is 0 Å². The predicted molar refractivity (Wildman–Crippen MR) is 57.4 cm³/mol. The topological polar surface area (TPSA) is 0 Å². The van der Waals surface area contributed by atoms with Gasteiger partial charge in [0.05, 0.1) is 0 Å². The maximum atomic E-state index is 3.72. The molecule has 0 aromatic carbocycles. The fraction of sp³-hybridized carbons (Fsp3) is 0.833. The van der Waals surface area contributed by atoms with Crippen LogP contribution in [0.3, 0.4) is 0 Å². The van der Waals surface area contributed by atoms with E-state index >= 15 is 0 Å². The summed E-state index contributed by atoms with van der Waals surface area (Å²) in [5.41, 5.74) is 0. The molecule has 0 aliphatic carbocycles. The van der Waals surface area contributed by atoms with E-state index in [4.69, 9.17) is 0 Å². The predicted octanol–water partition coefficient (Wildman–Crippen LogP) is -1.29. The van der Waals surface area contributed by atoms with Gasteiger partial charge in [0.1, 0.15) is 0 Å². The Balaban J connectivity index is -0.000000202. The molecule has 0 fully saturated rings. The Morgan fingerprint density at radius 2 is 1.20 bits per heavy atom. The first-order valence-corrected chi connectivity index (χ1v) is 5.52. The van der Waals surface area contributed by atoms with E-state index in [-0.39, 0.29) is 45.9 Å². The van der Waals surface area contributed by atoms with Gasteiger partial charge in [0.25, 0.3) is 0 Å². The average molecular weight is 434 g/mol. The largest absolute Gasteiger partial charge is 2.00 e. The number of hydrogen-bond acceptors (Lipinski definition) is 0. The van der Waals surface area contributed by atoms with Gasteiger partial charge in [0.2, 0.25) is 0 Å². The number of hydrogen-bond donors (Lipinski definition) is 0. The summed E-state index contributed by atoms with van der Waals surface area (Å²) in [6.45, 7) is 5.99. The van der Waals surface area contributed by atoms with E-state index in [0.29, 0.717) is 0 Å². The van der Waals surface area contributed by atoms with E-state index in [1.165, 1.54) is 57.8 Å². The number of allylic oxidation sites excluding steroid dienone is 1. The van der Waals surface area contributed by atoms with Crippen molar-refractivity contribution in [3.63, 3.8) is 0 Å². The van der Waals surface area contributed by atoms with Gasteiger partial charge in [-0.2, -0.15) is 0 Å².